The first-order valence-electron chi connectivity index (χ1n) is 9.28. The maximum atomic E-state index is 12.5. The number of benzene rings is 2. The summed E-state index contributed by atoms with van der Waals surface area (Å²) in [5, 5.41) is 7.29. The lowest BCUT2D eigenvalue weighted by atomic mass is 10.1. The normalized spacial score (nSPS) is 10.6. The highest BCUT2D eigenvalue weighted by atomic mass is 35.5. The molecule has 0 unspecified atom stereocenters. The van der Waals surface area contributed by atoms with E-state index in [-0.39, 0.29) is 10.7 Å². The van der Waals surface area contributed by atoms with Crippen molar-refractivity contribution in [3.05, 3.63) is 76.1 Å². The molecular formula is C22H22ClN3O3. The van der Waals surface area contributed by atoms with Crippen LogP contribution in [0.2, 0.25) is 5.15 Å². The molecule has 29 heavy (non-hydrogen) atoms. The quantitative estimate of drug-likeness (QED) is 0.606. The van der Waals surface area contributed by atoms with E-state index >= 15 is 0 Å². The van der Waals surface area contributed by atoms with Crippen molar-refractivity contribution in [2.24, 2.45) is 0 Å². The molecule has 3 rings (SSSR count). The fourth-order valence-corrected chi connectivity index (χ4v) is 3.40. The maximum absolute atomic E-state index is 12.5. The second kappa shape index (κ2) is 8.92. The zero-order valence-electron chi connectivity index (χ0n) is 16.5. The molecule has 0 saturated heterocycles. The van der Waals surface area contributed by atoms with Gasteiger partial charge in [0.15, 0.2) is 6.61 Å². The molecule has 1 heterocycles. The number of rotatable bonds is 6. The summed E-state index contributed by atoms with van der Waals surface area (Å²) in [6.07, 6.45) is 0.782. The highest BCUT2D eigenvalue weighted by Gasteiger charge is 2.23. The lowest BCUT2D eigenvalue weighted by Gasteiger charge is -2.13. The summed E-state index contributed by atoms with van der Waals surface area (Å²) in [7, 11) is 0. The maximum Gasteiger partial charge on any atom is 0.343 e. The van der Waals surface area contributed by atoms with Gasteiger partial charge in [0.1, 0.15) is 10.7 Å². The minimum Gasteiger partial charge on any atom is -0.452 e. The molecular weight excluding hydrogens is 390 g/mol. The first kappa shape index (κ1) is 20.6. The number of esters is 1. The van der Waals surface area contributed by atoms with E-state index in [1.54, 1.807) is 6.92 Å². The molecule has 0 aliphatic heterocycles. The first-order valence-corrected chi connectivity index (χ1v) is 9.66. The Labute approximate surface area is 174 Å². The Balaban J connectivity index is 1.70. The number of anilines is 1. The predicted octanol–water partition coefficient (Wildman–Crippen LogP) is 4.50. The highest BCUT2D eigenvalue weighted by Crippen LogP contribution is 2.24. The van der Waals surface area contributed by atoms with Crippen LogP contribution in [0.5, 0.6) is 0 Å². The Hall–Kier alpha value is -3.12. The van der Waals surface area contributed by atoms with Crippen LogP contribution in [0.1, 0.15) is 34.1 Å². The molecule has 0 aliphatic rings. The van der Waals surface area contributed by atoms with Gasteiger partial charge in [-0.15, -0.1) is 0 Å². The van der Waals surface area contributed by atoms with Gasteiger partial charge in [-0.3, -0.25) is 4.79 Å². The Morgan fingerprint density at radius 3 is 2.52 bits per heavy atom. The van der Waals surface area contributed by atoms with Gasteiger partial charge >= 0.3 is 5.97 Å². The Bertz CT molecular complexity index is 1040. The summed E-state index contributed by atoms with van der Waals surface area (Å²) in [5.74, 6) is -1.10. The number of nitrogens with one attached hydrogen (secondary N) is 1. The average molecular weight is 412 g/mol. The second-order valence-electron chi connectivity index (χ2n) is 6.59. The molecule has 3 aromatic rings. The van der Waals surface area contributed by atoms with Gasteiger partial charge in [-0.1, -0.05) is 54.9 Å². The molecule has 7 heteroatoms. The van der Waals surface area contributed by atoms with Crippen LogP contribution < -0.4 is 5.32 Å². The van der Waals surface area contributed by atoms with Crippen molar-refractivity contribution < 1.29 is 14.3 Å². The van der Waals surface area contributed by atoms with E-state index in [0.717, 1.165) is 28.9 Å². The van der Waals surface area contributed by atoms with E-state index in [1.165, 1.54) is 4.68 Å². The molecule has 2 aromatic carbocycles. The number of amides is 1. The largest absolute Gasteiger partial charge is 0.452 e. The van der Waals surface area contributed by atoms with Gasteiger partial charge in [0, 0.05) is 5.69 Å². The van der Waals surface area contributed by atoms with Crippen molar-refractivity contribution >= 4 is 29.2 Å². The van der Waals surface area contributed by atoms with Crippen LogP contribution in [0.15, 0.2) is 48.5 Å². The third kappa shape index (κ3) is 4.49. The molecule has 0 atom stereocenters. The van der Waals surface area contributed by atoms with Crippen molar-refractivity contribution in [2.75, 3.05) is 11.9 Å². The zero-order valence-corrected chi connectivity index (χ0v) is 17.3. The number of para-hydroxylation sites is 2. The first-order chi connectivity index (χ1) is 13.9. The molecule has 0 aliphatic carbocycles. The Morgan fingerprint density at radius 1 is 1.10 bits per heavy atom. The third-order valence-corrected chi connectivity index (χ3v) is 4.90. The van der Waals surface area contributed by atoms with Crippen LogP contribution in [-0.2, 0) is 16.0 Å². The summed E-state index contributed by atoms with van der Waals surface area (Å²) in [5.41, 5.74) is 4.02. The van der Waals surface area contributed by atoms with Gasteiger partial charge in [0.25, 0.3) is 5.91 Å². The zero-order chi connectivity index (χ0) is 21.0. The van der Waals surface area contributed by atoms with Gasteiger partial charge in [0.05, 0.1) is 11.4 Å². The molecule has 0 bridgehead atoms. The number of nitrogens with zero attached hydrogens (tertiary/aromatic N) is 2. The van der Waals surface area contributed by atoms with E-state index in [9.17, 15) is 9.59 Å². The van der Waals surface area contributed by atoms with Crippen LogP contribution in [0.4, 0.5) is 5.69 Å². The monoisotopic (exact) mass is 411 g/mol. The number of carbonyl (C=O) groups is 2. The molecule has 150 valence electrons. The van der Waals surface area contributed by atoms with Gasteiger partial charge in [-0.25, -0.2) is 9.48 Å². The standard InChI is InChI=1S/C22H22ClN3O3/c1-4-16-10-8-9-14(2)20(16)24-18(27)13-29-22(28)19-15(3)25-26(21(19)23)17-11-6-5-7-12-17/h5-12H,4,13H2,1-3H3,(H,24,27). The van der Waals surface area contributed by atoms with E-state index in [1.807, 2.05) is 62.4 Å². The molecule has 0 spiro atoms. The van der Waals surface area contributed by atoms with E-state index < -0.39 is 18.5 Å². The topological polar surface area (TPSA) is 73.2 Å². The van der Waals surface area contributed by atoms with Crippen molar-refractivity contribution in [2.45, 2.75) is 27.2 Å². The molecule has 6 nitrogen and oxygen atoms in total. The molecule has 0 radical (unpaired) electrons. The summed E-state index contributed by atoms with van der Waals surface area (Å²) >= 11 is 6.36. The van der Waals surface area contributed by atoms with Gasteiger partial charge in [0.2, 0.25) is 0 Å². The van der Waals surface area contributed by atoms with Crippen LogP contribution >= 0.6 is 11.6 Å². The molecule has 1 amide bonds. The molecule has 0 saturated carbocycles. The van der Waals surface area contributed by atoms with Crippen molar-refractivity contribution in [1.82, 2.24) is 9.78 Å². The SMILES string of the molecule is CCc1cccc(C)c1NC(=O)COC(=O)c1c(C)nn(-c2ccccc2)c1Cl. The number of ether oxygens (including phenoxy) is 1. The van der Waals surface area contributed by atoms with E-state index in [0.29, 0.717) is 5.69 Å². The smallest absolute Gasteiger partial charge is 0.343 e. The molecule has 1 aromatic heterocycles. The fourth-order valence-electron chi connectivity index (χ4n) is 3.05. The van der Waals surface area contributed by atoms with Crippen molar-refractivity contribution in [3.63, 3.8) is 0 Å². The minimum atomic E-state index is -0.690. The van der Waals surface area contributed by atoms with Crippen molar-refractivity contribution in [3.8, 4) is 5.69 Å². The summed E-state index contributed by atoms with van der Waals surface area (Å²) < 4.78 is 6.66. The highest BCUT2D eigenvalue weighted by molar-refractivity contribution is 6.33. The van der Waals surface area contributed by atoms with Crippen LogP contribution in [0.25, 0.3) is 5.69 Å². The number of aromatic nitrogens is 2. The average Bonchev–Trinajstić information content (AvgIpc) is 3.02. The number of hydrogen-bond acceptors (Lipinski definition) is 4. The van der Waals surface area contributed by atoms with Gasteiger partial charge < -0.3 is 10.1 Å². The van der Waals surface area contributed by atoms with Gasteiger partial charge in [-0.05, 0) is 43.5 Å². The van der Waals surface area contributed by atoms with E-state index in [2.05, 4.69) is 10.4 Å². The second-order valence-corrected chi connectivity index (χ2v) is 6.94. The third-order valence-electron chi connectivity index (χ3n) is 4.55. The Morgan fingerprint density at radius 2 is 1.83 bits per heavy atom. The van der Waals surface area contributed by atoms with Crippen molar-refractivity contribution in [1.29, 1.82) is 0 Å². The number of halogens is 1. The van der Waals surface area contributed by atoms with Crippen LogP contribution in [0.3, 0.4) is 0 Å². The molecule has 0 fully saturated rings. The number of hydrogen-bond donors (Lipinski definition) is 1. The predicted molar refractivity (Wildman–Crippen MR) is 113 cm³/mol. The number of aryl methyl sites for hydroxylation is 3. The summed E-state index contributed by atoms with van der Waals surface area (Å²) in [4.78, 5) is 24.9. The summed E-state index contributed by atoms with van der Waals surface area (Å²) in [6.45, 7) is 5.19. The fraction of sp³-hybridized carbons (Fsp3) is 0.227. The van der Waals surface area contributed by atoms with Gasteiger partial charge in [-0.2, -0.15) is 5.10 Å². The number of carbonyl (C=O) groups excluding carboxylic acids is 2. The minimum absolute atomic E-state index is 0.145. The molecule has 1 N–H and O–H groups in total. The lowest BCUT2D eigenvalue weighted by molar-refractivity contribution is -0.119. The summed E-state index contributed by atoms with van der Waals surface area (Å²) in [6, 6.07) is 15.0. The van der Waals surface area contributed by atoms with Crippen LogP contribution in [-0.4, -0.2) is 28.3 Å². The van der Waals surface area contributed by atoms with Crippen LogP contribution in [0, 0.1) is 13.8 Å². The lowest BCUT2D eigenvalue weighted by Crippen LogP contribution is -2.22. The van der Waals surface area contributed by atoms with E-state index in [4.69, 9.17) is 16.3 Å². The Kier molecular flexibility index (Phi) is 6.34.